The first-order valence-electron chi connectivity index (χ1n) is 11.0. The molecule has 1 unspecified atom stereocenters. The summed E-state index contributed by atoms with van der Waals surface area (Å²) in [6.45, 7) is 6.85. The number of unbranched alkanes of at least 4 members (excludes halogenated alkanes) is 9. The van der Waals surface area contributed by atoms with Crippen LogP contribution in [0.5, 0.6) is 0 Å². The van der Waals surface area contributed by atoms with Gasteiger partial charge in [0.05, 0.1) is 19.4 Å². The summed E-state index contributed by atoms with van der Waals surface area (Å²) in [6.07, 6.45) is 15.3. The molecular formula is C22H42O4. The number of carbonyl (C=O) groups is 2. The second-order valence-electron chi connectivity index (χ2n) is 7.21. The minimum atomic E-state index is -0.289. The maximum atomic E-state index is 11.8. The molecule has 0 rings (SSSR count). The van der Waals surface area contributed by atoms with Crippen LogP contribution < -0.4 is 0 Å². The normalized spacial score (nSPS) is 12.0. The minimum absolute atomic E-state index is 0.0135. The fourth-order valence-corrected chi connectivity index (χ4v) is 2.90. The highest BCUT2D eigenvalue weighted by Crippen LogP contribution is 2.11. The van der Waals surface area contributed by atoms with Gasteiger partial charge in [0, 0.05) is 0 Å². The van der Waals surface area contributed by atoms with Gasteiger partial charge < -0.3 is 9.47 Å². The third-order valence-electron chi connectivity index (χ3n) is 4.68. The molecule has 0 aromatic carbocycles. The highest BCUT2D eigenvalue weighted by atomic mass is 16.5. The Hall–Kier alpha value is -1.06. The van der Waals surface area contributed by atoms with Gasteiger partial charge in [-0.2, -0.15) is 0 Å². The third kappa shape index (κ3) is 16.4. The summed E-state index contributed by atoms with van der Waals surface area (Å²) in [5.74, 6) is -0.573. The topological polar surface area (TPSA) is 52.6 Å². The molecule has 0 saturated carbocycles. The average Bonchev–Trinajstić information content (AvgIpc) is 2.64. The highest BCUT2D eigenvalue weighted by molar-refractivity contribution is 5.77. The zero-order valence-electron chi connectivity index (χ0n) is 17.5. The number of carbonyl (C=O) groups excluding carboxylic acids is 2. The molecule has 0 spiro atoms. The van der Waals surface area contributed by atoms with E-state index in [4.69, 9.17) is 9.47 Å². The van der Waals surface area contributed by atoms with Gasteiger partial charge in [-0.15, -0.1) is 0 Å². The fourth-order valence-electron chi connectivity index (χ4n) is 2.90. The maximum absolute atomic E-state index is 11.8. The molecule has 0 radical (unpaired) electrons. The van der Waals surface area contributed by atoms with Crippen molar-refractivity contribution in [1.29, 1.82) is 0 Å². The van der Waals surface area contributed by atoms with E-state index in [0.717, 1.165) is 38.5 Å². The molecule has 0 aliphatic heterocycles. The highest BCUT2D eigenvalue weighted by Gasteiger charge is 2.14. The Balaban J connectivity index is 3.52. The SMILES string of the molecule is CCCCCCCCCCCOC(=O)CCC(=O)OC(CC)CCCC. The van der Waals surface area contributed by atoms with E-state index in [2.05, 4.69) is 13.8 Å². The quantitative estimate of drug-likeness (QED) is 0.208. The lowest BCUT2D eigenvalue weighted by molar-refractivity contribution is -0.154. The lowest BCUT2D eigenvalue weighted by Gasteiger charge is -2.15. The van der Waals surface area contributed by atoms with E-state index in [9.17, 15) is 9.59 Å². The van der Waals surface area contributed by atoms with Crippen molar-refractivity contribution in [3.8, 4) is 0 Å². The van der Waals surface area contributed by atoms with Gasteiger partial charge in [-0.3, -0.25) is 9.59 Å². The molecule has 0 aliphatic carbocycles. The van der Waals surface area contributed by atoms with E-state index in [0.29, 0.717) is 6.61 Å². The summed E-state index contributed by atoms with van der Waals surface area (Å²) in [5, 5.41) is 0. The molecule has 154 valence electrons. The lowest BCUT2D eigenvalue weighted by Crippen LogP contribution is -2.18. The zero-order valence-corrected chi connectivity index (χ0v) is 17.5. The van der Waals surface area contributed by atoms with Crippen LogP contribution in [0.3, 0.4) is 0 Å². The largest absolute Gasteiger partial charge is 0.466 e. The first kappa shape index (κ1) is 24.9. The molecular weight excluding hydrogens is 328 g/mol. The molecule has 26 heavy (non-hydrogen) atoms. The van der Waals surface area contributed by atoms with Crippen LogP contribution in [-0.4, -0.2) is 24.6 Å². The van der Waals surface area contributed by atoms with Crippen molar-refractivity contribution in [3.63, 3.8) is 0 Å². The molecule has 0 bridgehead atoms. The third-order valence-corrected chi connectivity index (χ3v) is 4.68. The number of rotatable bonds is 18. The summed E-state index contributed by atoms with van der Waals surface area (Å²) in [4.78, 5) is 23.5. The monoisotopic (exact) mass is 370 g/mol. The Morgan fingerprint density at radius 3 is 1.81 bits per heavy atom. The Morgan fingerprint density at radius 1 is 0.692 bits per heavy atom. The summed E-state index contributed by atoms with van der Waals surface area (Å²) in [7, 11) is 0. The lowest BCUT2D eigenvalue weighted by atomic mass is 10.1. The second-order valence-corrected chi connectivity index (χ2v) is 7.21. The van der Waals surface area contributed by atoms with E-state index in [1.54, 1.807) is 0 Å². The van der Waals surface area contributed by atoms with Crippen molar-refractivity contribution < 1.29 is 19.1 Å². The first-order chi connectivity index (χ1) is 12.6. The van der Waals surface area contributed by atoms with E-state index >= 15 is 0 Å². The number of ether oxygens (including phenoxy) is 2. The minimum Gasteiger partial charge on any atom is -0.466 e. The molecule has 0 aliphatic rings. The number of hydrogen-bond donors (Lipinski definition) is 0. The Labute approximate surface area is 161 Å². The Kier molecular flexibility index (Phi) is 18.0. The molecule has 0 saturated heterocycles. The molecule has 0 aromatic heterocycles. The Morgan fingerprint density at radius 2 is 1.23 bits per heavy atom. The molecule has 0 fully saturated rings. The van der Waals surface area contributed by atoms with Crippen molar-refractivity contribution in [3.05, 3.63) is 0 Å². The van der Waals surface area contributed by atoms with Crippen LogP contribution in [0.15, 0.2) is 0 Å². The van der Waals surface area contributed by atoms with Crippen LogP contribution in [0.1, 0.15) is 117 Å². The van der Waals surface area contributed by atoms with E-state index in [-0.39, 0.29) is 30.9 Å². The average molecular weight is 371 g/mol. The van der Waals surface area contributed by atoms with Crippen LogP contribution in [0.25, 0.3) is 0 Å². The molecule has 1 atom stereocenters. The molecule has 0 N–H and O–H groups in total. The van der Waals surface area contributed by atoms with Gasteiger partial charge in [0.2, 0.25) is 0 Å². The smallest absolute Gasteiger partial charge is 0.306 e. The summed E-state index contributed by atoms with van der Waals surface area (Å²) in [6, 6.07) is 0. The molecule has 4 nitrogen and oxygen atoms in total. The van der Waals surface area contributed by atoms with Gasteiger partial charge >= 0.3 is 11.9 Å². The first-order valence-corrected chi connectivity index (χ1v) is 11.0. The number of esters is 2. The predicted molar refractivity (Wildman–Crippen MR) is 107 cm³/mol. The van der Waals surface area contributed by atoms with Gasteiger partial charge in [-0.1, -0.05) is 85.0 Å². The molecule has 0 amide bonds. The van der Waals surface area contributed by atoms with Crippen molar-refractivity contribution in [1.82, 2.24) is 0 Å². The van der Waals surface area contributed by atoms with E-state index in [1.807, 2.05) is 6.92 Å². The van der Waals surface area contributed by atoms with Gasteiger partial charge in [0.25, 0.3) is 0 Å². The van der Waals surface area contributed by atoms with Gasteiger partial charge in [-0.05, 0) is 19.3 Å². The summed E-state index contributed by atoms with van der Waals surface area (Å²) < 4.78 is 10.6. The van der Waals surface area contributed by atoms with Gasteiger partial charge in [0.15, 0.2) is 0 Å². The molecule has 0 heterocycles. The van der Waals surface area contributed by atoms with Crippen LogP contribution >= 0.6 is 0 Å². The molecule has 4 heteroatoms. The fraction of sp³-hybridized carbons (Fsp3) is 0.909. The maximum Gasteiger partial charge on any atom is 0.306 e. The van der Waals surface area contributed by atoms with Crippen molar-refractivity contribution in [2.75, 3.05) is 6.61 Å². The summed E-state index contributed by atoms with van der Waals surface area (Å²) >= 11 is 0. The van der Waals surface area contributed by atoms with E-state index < -0.39 is 0 Å². The van der Waals surface area contributed by atoms with Crippen LogP contribution in [0.4, 0.5) is 0 Å². The van der Waals surface area contributed by atoms with Crippen LogP contribution in [0, 0.1) is 0 Å². The van der Waals surface area contributed by atoms with Crippen molar-refractivity contribution in [2.24, 2.45) is 0 Å². The van der Waals surface area contributed by atoms with E-state index in [1.165, 1.54) is 44.9 Å². The predicted octanol–water partition coefficient (Wildman–Crippen LogP) is 6.35. The summed E-state index contributed by atoms with van der Waals surface area (Å²) in [5.41, 5.74) is 0. The molecule has 0 aromatic rings. The number of hydrogen-bond acceptors (Lipinski definition) is 4. The second kappa shape index (κ2) is 18.7. The van der Waals surface area contributed by atoms with Crippen molar-refractivity contribution in [2.45, 2.75) is 123 Å². The van der Waals surface area contributed by atoms with Gasteiger partial charge in [-0.25, -0.2) is 0 Å². The van der Waals surface area contributed by atoms with Crippen LogP contribution in [0.2, 0.25) is 0 Å². The van der Waals surface area contributed by atoms with Gasteiger partial charge in [0.1, 0.15) is 6.10 Å². The Bertz CT molecular complexity index is 341. The standard InChI is InChI=1S/C22H42O4/c1-4-7-9-10-11-12-13-14-15-19-25-21(23)17-18-22(24)26-20(6-3)16-8-5-2/h20H,4-19H2,1-3H3. The van der Waals surface area contributed by atoms with Crippen LogP contribution in [-0.2, 0) is 19.1 Å². The zero-order chi connectivity index (χ0) is 19.5. The van der Waals surface area contributed by atoms with Crippen molar-refractivity contribution >= 4 is 11.9 Å².